The number of nitrogens with zero attached hydrogens (tertiary/aromatic N) is 4. The lowest BCUT2D eigenvalue weighted by molar-refractivity contribution is 0.485. The van der Waals surface area contributed by atoms with Gasteiger partial charge in [-0.2, -0.15) is 5.26 Å². The van der Waals surface area contributed by atoms with Gasteiger partial charge < -0.3 is 4.42 Å². The Morgan fingerprint density at radius 2 is 1.93 bits per heavy atom. The second-order valence-corrected chi connectivity index (χ2v) is 7.46. The third kappa shape index (κ3) is 4.11. The zero-order valence-corrected chi connectivity index (χ0v) is 16.3. The Labute approximate surface area is 171 Å². The molecule has 2 heterocycles. The van der Waals surface area contributed by atoms with E-state index in [0.29, 0.717) is 17.1 Å². The van der Waals surface area contributed by atoms with Crippen molar-refractivity contribution in [1.29, 1.82) is 5.26 Å². The summed E-state index contributed by atoms with van der Waals surface area (Å²) in [6.45, 7) is 0.525. The highest BCUT2D eigenvalue weighted by atomic mass is 35.5. The lowest BCUT2D eigenvalue weighted by Crippen LogP contribution is -2.03. The van der Waals surface area contributed by atoms with Crippen LogP contribution in [-0.4, -0.2) is 14.8 Å². The van der Waals surface area contributed by atoms with Crippen LogP contribution in [-0.2, 0) is 12.3 Å². The molecule has 0 bridgehead atoms. The minimum absolute atomic E-state index is 0.525. The van der Waals surface area contributed by atoms with E-state index in [0.717, 1.165) is 33.6 Å². The van der Waals surface area contributed by atoms with Gasteiger partial charge in [-0.1, -0.05) is 47.6 Å². The molecule has 5 nitrogen and oxygen atoms in total. The molecule has 28 heavy (non-hydrogen) atoms. The van der Waals surface area contributed by atoms with Gasteiger partial charge in [-0.15, -0.1) is 10.2 Å². The molecule has 0 spiro atoms. The smallest absolute Gasteiger partial charge is 0.192 e. The molecule has 0 unspecified atom stereocenters. The van der Waals surface area contributed by atoms with E-state index < -0.39 is 0 Å². The van der Waals surface area contributed by atoms with Crippen LogP contribution in [0, 0.1) is 11.3 Å². The highest BCUT2D eigenvalue weighted by Crippen LogP contribution is 2.28. The second kappa shape index (κ2) is 8.34. The Morgan fingerprint density at radius 1 is 1.07 bits per heavy atom. The van der Waals surface area contributed by atoms with Gasteiger partial charge in [0.1, 0.15) is 5.76 Å². The molecule has 138 valence electrons. The third-order valence-electron chi connectivity index (χ3n) is 4.14. The van der Waals surface area contributed by atoms with Crippen molar-refractivity contribution in [3.63, 3.8) is 0 Å². The molecule has 0 aliphatic heterocycles. The van der Waals surface area contributed by atoms with Gasteiger partial charge in [-0.25, -0.2) is 0 Å². The van der Waals surface area contributed by atoms with Crippen LogP contribution in [0.15, 0.2) is 76.5 Å². The average Bonchev–Trinajstić information content (AvgIpc) is 3.37. The fourth-order valence-corrected chi connectivity index (χ4v) is 3.84. The Bertz CT molecular complexity index is 1110. The summed E-state index contributed by atoms with van der Waals surface area (Å²) in [6, 6.07) is 21.0. The van der Waals surface area contributed by atoms with Gasteiger partial charge in [0.2, 0.25) is 0 Å². The van der Waals surface area contributed by atoms with Crippen LogP contribution in [0.4, 0.5) is 0 Å². The lowest BCUT2D eigenvalue weighted by atomic mass is 10.2. The topological polar surface area (TPSA) is 67.6 Å². The number of benzene rings is 2. The molecule has 2 aromatic carbocycles. The Morgan fingerprint density at radius 3 is 2.64 bits per heavy atom. The monoisotopic (exact) mass is 406 g/mol. The molecule has 4 aromatic rings. The van der Waals surface area contributed by atoms with Crippen molar-refractivity contribution >= 4 is 23.4 Å². The maximum atomic E-state index is 8.93. The van der Waals surface area contributed by atoms with Gasteiger partial charge in [-0.3, -0.25) is 4.57 Å². The summed E-state index contributed by atoms with van der Waals surface area (Å²) >= 11 is 7.75. The van der Waals surface area contributed by atoms with Crippen LogP contribution in [0.5, 0.6) is 0 Å². The lowest BCUT2D eigenvalue weighted by Gasteiger charge is -2.09. The molecule has 0 aliphatic rings. The van der Waals surface area contributed by atoms with Crippen molar-refractivity contribution < 1.29 is 4.42 Å². The van der Waals surface area contributed by atoms with Gasteiger partial charge in [0.25, 0.3) is 0 Å². The van der Waals surface area contributed by atoms with Gasteiger partial charge >= 0.3 is 0 Å². The summed E-state index contributed by atoms with van der Waals surface area (Å²) in [7, 11) is 0. The van der Waals surface area contributed by atoms with E-state index in [1.54, 1.807) is 18.0 Å². The molecule has 0 N–H and O–H groups in total. The first-order valence-electron chi connectivity index (χ1n) is 8.56. The summed E-state index contributed by atoms with van der Waals surface area (Å²) in [4.78, 5) is 0. The number of furan rings is 1. The first-order valence-corrected chi connectivity index (χ1v) is 9.92. The Balaban J connectivity index is 1.63. The molecule has 7 heteroatoms. The van der Waals surface area contributed by atoms with E-state index in [1.807, 2.05) is 65.2 Å². The number of thioether (sulfide) groups is 1. The number of hydrogen-bond donors (Lipinski definition) is 0. The number of halogens is 1. The maximum absolute atomic E-state index is 8.93. The fraction of sp³-hybridized carbons (Fsp3) is 0.0952. The molecule has 0 amide bonds. The molecular weight excluding hydrogens is 392 g/mol. The van der Waals surface area contributed by atoms with Crippen molar-refractivity contribution in [2.75, 3.05) is 0 Å². The summed E-state index contributed by atoms with van der Waals surface area (Å²) in [6.07, 6.45) is 1.66. The minimum atomic E-state index is 0.525. The van der Waals surface area contributed by atoms with E-state index >= 15 is 0 Å². The van der Waals surface area contributed by atoms with E-state index in [2.05, 4.69) is 16.3 Å². The molecular formula is C21H15ClN4OS. The summed E-state index contributed by atoms with van der Waals surface area (Å²) < 4.78 is 7.55. The average molecular weight is 407 g/mol. The molecule has 0 atom stereocenters. The van der Waals surface area contributed by atoms with Crippen LogP contribution in [0.25, 0.3) is 11.4 Å². The quantitative estimate of drug-likeness (QED) is 0.401. The maximum Gasteiger partial charge on any atom is 0.192 e. The van der Waals surface area contributed by atoms with Gasteiger partial charge in [0.05, 0.1) is 24.4 Å². The Hall–Kier alpha value is -3.01. The van der Waals surface area contributed by atoms with E-state index in [1.165, 1.54) is 0 Å². The largest absolute Gasteiger partial charge is 0.467 e. The molecule has 0 fully saturated rings. The van der Waals surface area contributed by atoms with Crippen LogP contribution in [0.2, 0.25) is 5.02 Å². The van der Waals surface area contributed by atoms with E-state index in [4.69, 9.17) is 21.3 Å². The van der Waals surface area contributed by atoms with Crippen LogP contribution in [0.1, 0.15) is 16.9 Å². The van der Waals surface area contributed by atoms with E-state index in [-0.39, 0.29) is 0 Å². The summed E-state index contributed by atoms with van der Waals surface area (Å²) in [5, 5.41) is 19.2. The molecule has 0 aliphatic carbocycles. The number of nitriles is 1. The van der Waals surface area contributed by atoms with Crippen molar-refractivity contribution in [3.05, 3.63) is 88.8 Å². The minimum Gasteiger partial charge on any atom is -0.467 e. The molecule has 2 aromatic heterocycles. The molecule has 4 rings (SSSR count). The van der Waals surface area contributed by atoms with Crippen LogP contribution in [0.3, 0.4) is 0 Å². The SMILES string of the molecule is N#Cc1ccc(CSc2nnc(-c3cccc(Cl)c3)n2Cc2ccco2)cc1. The predicted molar refractivity (Wildman–Crippen MR) is 109 cm³/mol. The third-order valence-corrected chi connectivity index (χ3v) is 5.42. The van der Waals surface area contributed by atoms with Gasteiger partial charge in [0, 0.05) is 16.3 Å². The fourth-order valence-electron chi connectivity index (χ4n) is 2.76. The second-order valence-electron chi connectivity index (χ2n) is 6.08. The molecule has 0 radical (unpaired) electrons. The number of rotatable bonds is 6. The normalized spacial score (nSPS) is 10.7. The highest BCUT2D eigenvalue weighted by molar-refractivity contribution is 7.98. The zero-order valence-electron chi connectivity index (χ0n) is 14.7. The van der Waals surface area contributed by atoms with Crippen LogP contribution < -0.4 is 0 Å². The number of hydrogen-bond acceptors (Lipinski definition) is 5. The first kappa shape index (κ1) is 18.4. The zero-order chi connectivity index (χ0) is 19.3. The van der Waals surface area contributed by atoms with E-state index in [9.17, 15) is 0 Å². The summed E-state index contributed by atoms with van der Waals surface area (Å²) in [5.74, 6) is 2.28. The molecule has 0 saturated carbocycles. The van der Waals surface area contributed by atoms with Crippen LogP contribution >= 0.6 is 23.4 Å². The molecule has 0 saturated heterocycles. The van der Waals surface area contributed by atoms with Gasteiger partial charge in [-0.05, 0) is 42.0 Å². The van der Waals surface area contributed by atoms with Crippen molar-refractivity contribution in [1.82, 2.24) is 14.8 Å². The summed E-state index contributed by atoms with van der Waals surface area (Å²) in [5.41, 5.74) is 2.66. The first-order chi connectivity index (χ1) is 13.7. The Kier molecular flexibility index (Phi) is 5.47. The predicted octanol–water partition coefficient (Wildman–Crippen LogP) is 5.40. The van der Waals surface area contributed by atoms with Crippen molar-refractivity contribution in [2.24, 2.45) is 0 Å². The number of aromatic nitrogens is 3. The van der Waals surface area contributed by atoms with Crippen molar-refractivity contribution in [2.45, 2.75) is 17.5 Å². The standard InChI is InChI=1S/C21H15ClN4OS/c22-18-4-1-3-17(11-18)20-24-25-21(26(20)13-19-5-2-10-27-19)28-14-16-8-6-15(12-23)7-9-16/h1-11H,13-14H2. The highest BCUT2D eigenvalue weighted by Gasteiger charge is 2.16. The van der Waals surface area contributed by atoms with Crippen molar-refractivity contribution in [3.8, 4) is 17.5 Å². The van der Waals surface area contributed by atoms with Gasteiger partial charge in [0.15, 0.2) is 11.0 Å².